The molecule has 1 aromatic carbocycles. The normalized spacial score (nSPS) is 20.0. The summed E-state index contributed by atoms with van der Waals surface area (Å²) in [6, 6.07) is 5.27. The molecule has 2 unspecified atom stereocenters. The van der Waals surface area contributed by atoms with Crippen LogP contribution in [-0.2, 0) is 0 Å². The zero-order chi connectivity index (χ0) is 15.1. The Morgan fingerprint density at radius 2 is 2.27 bits per heavy atom. The number of imidazole rings is 1. The average Bonchev–Trinajstić information content (AvgIpc) is 2.97. The molecule has 0 radical (unpaired) electrons. The lowest BCUT2D eigenvalue weighted by Crippen LogP contribution is -2.04. The fourth-order valence-corrected chi connectivity index (χ4v) is 2.85. The van der Waals surface area contributed by atoms with Gasteiger partial charge in [-0.2, -0.15) is 5.21 Å². The van der Waals surface area contributed by atoms with Crippen LogP contribution in [0, 0.1) is 5.92 Å². The molecule has 0 aliphatic heterocycles. The Hall–Kier alpha value is -2.54. The van der Waals surface area contributed by atoms with Gasteiger partial charge in [-0.15, -0.1) is 10.2 Å². The van der Waals surface area contributed by atoms with Crippen molar-refractivity contribution < 1.29 is 4.79 Å². The van der Waals surface area contributed by atoms with Gasteiger partial charge in [-0.3, -0.25) is 4.79 Å². The monoisotopic (exact) mass is 314 g/mol. The van der Waals surface area contributed by atoms with Crippen LogP contribution in [0.25, 0.3) is 11.4 Å². The van der Waals surface area contributed by atoms with Crippen molar-refractivity contribution in [2.45, 2.75) is 12.3 Å². The second kappa shape index (κ2) is 5.03. The first-order chi connectivity index (χ1) is 10.7. The predicted octanol–water partition coefficient (Wildman–Crippen LogP) is 2.23. The third kappa shape index (κ3) is 2.19. The van der Waals surface area contributed by atoms with Crippen LogP contribution in [0.4, 0.5) is 0 Å². The quantitative estimate of drug-likeness (QED) is 0.719. The second-order valence-electron chi connectivity index (χ2n) is 5.22. The first kappa shape index (κ1) is 13.1. The molecule has 1 fully saturated rings. The van der Waals surface area contributed by atoms with Crippen molar-refractivity contribution in [1.29, 1.82) is 0 Å². The van der Waals surface area contributed by atoms with Crippen molar-refractivity contribution in [3.05, 3.63) is 47.0 Å². The number of halogens is 1. The van der Waals surface area contributed by atoms with Gasteiger partial charge in [0.25, 0.3) is 0 Å². The maximum Gasteiger partial charge on any atom is 0.178 e. The summed E-state index contributed by atoms with van der Waals surface area (Å²) in [5.74, 6) is 1.29. The molecule has 0 spiro atoms. The Kier molecular flexibility index (Phi) is 3.00. The molecule has 2 atom stereocenters. The minimum atomic E-state index is -0.0943. The summed E-state index contributed by atoms with van der Waals surface area (Å²) in [6.45, 7) is 0. The topological polar surface area (TPSA) is 100 Å². The number of nitrogens with one attached hydrogen (secondary N) is 2. The van der Waals surface area contributed by atoms with E-state index >= 15 is 0 Å². The van der Waals surface area contributed by atoms with E-state index in [-0.39, 0.29) is 17.6 Å². The number of rotatable bonds is 4. The molecule has 0 saturated heterocycles. The molecule has 8 heteroatoms. The van der Waals surface area contributed by atoms with Gasteiger partial charge in [-0.25, -0.2) is 4.98 Å². The molecular formula is C14H11ClN6O. The van der Waals surface area contributed by atoms with E-state index in [2.05, 4.69) is 30.6 Å². The van der Waals surface area contributed by atoms with Gasteiger partial charge >= 0.3 is 0 Å². The highest BCUT2D eigenvalue weighted by atomic mass is 35.5. The molecule has 0 bridgehead atoms. The number of carbonyl (C=O) groups excluding carboxylic acids is 1. The second-order valence-corrected chi connectivity index (χ2v) is 5.62. The van der Waals surface area contributed by atoms with E-state index in [9.17, 15) is 4.79 Å². The van der Waals surface area contributed by atoms with Crippen LogP contribution in [0.2, 0.25) is 5.02 Å². The van der Waals surface area contributed by atoms with Gasteiger partial charge in [-0.05, 0) is 18.6 Å². The van der Waals surface area contributed by atoms with Gasteiger partial charge in [-0.1, -0.05) is 22.9 Å². The molecule has 2 aromatic heterocycles. The van der Waals surface area contributed by atoms with E-state index in [1.807, 2.05) is 0 Å². The molecule has 22 heavy (non-hydrogen) atoms. The minimum absolute atomic E-state index is 0.0507. The maximum atomic E-state index is 12.5. The molecule has 7 nitrogen and oxygen atoms in total. The summed E-state index contributed by atoms with van der Waals surface area (Å²) in [6.07, 6.45) is 4.13. The van der Waals surface area contributed by atoms with E-state index in [1.165, 1.54) is 0 Å². The van der Waals surface area contributed by atoms with Crippen LogP contribution in [0.15, 0.2) is 30.6 Å². The molecule has 2 heterocycles. The first-order valence-electron chi connectivity index (χ1n) is 6.81. The van der Waals surface area contributed by atoms with E-state index in [4.69, 9.17) is 11.6 Å². The van der Waals surface area contributed by atoms with E-state index in [0.717, 1.165) is 12.0 Å². The largest absolute Gasteiger partial charge is 0.345 e. The van der Waals surface area contributed by atoms with Gasteiger partial charge in [0.1, 0.15) is 5.82 Å². The molecule has 3 aromatic rings. The fraction of sp³-hybridized carbons (Fsp3) is 0.214. The number of carbonyl (C=O) groups is 1. The third-order valence-corrected chi connectivity index (χ3v) is 4.14. The fourth-order valence-electron chi connectivity index (χ4n) is 2.58. The van der Waals surface area contributed by atoms with Gasteiger partial charge in [0.15, 0.2) is 11.6 Å². The van der Waals surface area contributed by atoms with Crippen LogP contribution in [-0.4, -0.2) is 36.4 Å². The Balaban J connectivity index is 1.56. The Labute approximate surface area is 130 Å². The number of nitrogens with zero attached hydrogens (tertiary/aromatic N) is 4. The zero-order valence-corrected chi connectivity index (χ0v) is 12.1. The maximum absolute atomic E-state index is 12.5. The Morgan fingerprint density at radius 3 is 2.95 bits per heavy atom. The summed E-state index contributed by atoms with van der Waals surface area (Å²) in [7, 11) is 0. The zero-order valence-electron chi connectivity index (χ0n) is 11.3. The van der Waals surface area contributed by atoms with Gasteiger partial charge < -0.3 is 4.98 Å². The summed E-state index contributed by atoms with van der Waals surface area (Å²) >= 11 is 6.27. The van der Waals surface area contributed by atoms with E-state index < -0.39 is 0 Å². The summed E-state index contributed by atoms with van der Waals surface area (Å²) in [5.41, 5.74) is 1.37. The number of Topliss-reactive ketones (excluding diaryl/α,β-unsaturated/α-hetero) is 1. The Morgan fingerprint density at radius 1 is 1.36 bits per heavy atom. The minimum Gasteiger partial charge on any atom is -0.345 e. The number of benzene rings is 1. The number of tetrazole rings is 1. The highest BCUT2D eigenvalue weighted by Gasteiger charge is 2.46. The number of hydrogen-bond donors (Lipinski definition) is 2. The highest BCUT2D eigenvalue weighted by Crippen LogP contribution is 2.47. The van der Waals surface area contributed by atoms with E-state index in [1.54, 1.807) is 30.6 Å². The van der Waals surface area contributed by atoms with Crippen molar-refractivity contribution in [2.24, 2.45) is 5.92 Å². The molecule has 1 aliphatic carbocycles. The number of aromatic nitrogens is 6. The molecule has 1 aliphatic rings. The summed E-state index contributed by atoms with van der Waals surface area (Å²) < 4.78 is 0. The molecular weight excluding hydrogens is 304 g/mol. The molecule has 110 valence electrons. The predicted molar refractivity (Wildman–Crippen MR) is 78.4 cm³/mol. The number of H-pyrrole nitrogens is 2. The number of hydrogen-bond acceptors (Lipinski definition) is 5. The van der Waals surface area contributed by atoms with Crippen LogP contribution >= 0.6 is 11.6 Å². The van der Waals surface area contributed by atoms with Crippen LogP contribution in [0.1, 0.15) is 28.5 Å². The van der Waals surface area contributed by atoms with Crippen LogP contribution in [0.3, 0.4) is 0 Å². The molecule has 4 rings (SSSR count). The number of aromatic amines is 2. The van der Waals surface area contributed by atoms with Crippen molar-refractivity contribution in [1.82, 2.24) is 30.6 Å². The van der Waals surface area contributed by atoms with Gasteiger partial charge in [0.2, 0.25) is 0 Å². The third-order valence-electron chi connectivity index (χ3n) is 3.83. The van der Waals surface area contributed by atoms with Crippen molar-refractivity contribution >= 4 is 17.4 Å². The van der Waals surface area contributed by atoms with Crippen molar-refractivity contribution in [3.8, 4) is 11.4 Å². The highest BCUT2D eigenvalue weighted by molar-refractivity contribution is 6.33. The standard InChI is InChI=1S/C14H11ClN6O/c15-11-5-7(1-2-8(11)13-16-3-4-17-13)12(22)9-6-10(9)14-18-20-21-19-14/h1-5,9-10H,6H2,(H,16,17)(H,18,19,20,21). The lowest BCUT2D eigenvalue weighted by Gasteiger charge is -2.04. The molecule has 0 amide bonds. The smallest absolute Gasteiger partial charge is 0.178 e. The van der Waals surface area contributed by atoms with Crippen LogP contribution in [0.5, 0.6) is 0 Å². The average molecular weight is 315 g/mol. The lowest BCUT2D eigenvalue weighted by molar-refractivity contribution is 0.0965. The molecule has 1 saturated carbocycles. The van der Waals surface area contributed by atoms with Gasteiger partial charge in [0.05, 0.1) is 5.02 Å². The van der Waals surface area contributed by atoms with Gasteiger partial charge in [0, 0.05) is 35.4 Å². The first-order valence-corrected chi connectivity index (χ1v) is 7.18. The molecule has 2 N–H and O–H groups in total. The van der Waals surface area contributed by atoms with E-state index in [0.29, 0.717) is 22.2 Å². The van der Waals surface area contributed by atoms with Crippen molar-refractivity contribution in [3.63, 3.8) is 0 Å². The SMILES string of the molecule is O=C(c1ccc(-c2ncc[nH]2)c(Cl)c1)C1CC1c1nn[nH]n1. The van der Waals surface area contributed by atoms with Crippen molar-refractivity contribution in [2.75, 3.05) is 0 Å². The lowest BCUT2D eigenvalue weighted by atomic mass is 10.0. The Bertz CT molecular complexity index is 814. The summed E-state index contributed by atoms with van der Waals surface area (Å²) in [5, 5.41) is 14.3. The number of ketones is 1. The van der Waals surface area contributed by atoms with Crippen LogP contribution < -0.4 is 0 Å². The summed E-state index contributed by atoms with van der Waals surface area (Å²) in [4.78, 5) is 19.7.